The quantitative estimate of drug-likeness (QED) is 0.345. The second kappa shape index (κ2) is 15.4. The normalized spacial score (nSPS) is 11.2. The van der Waals surface area contributed by atoms with Gasteiger partial charge in [-0.15, -0.1) is 0 Å². The molecule has 12 heteroatoms. The van der Waals surface area contributed by atoms with Crippen LogP contribution < -0.4 is 0 Å². The molecule has 0 amide bonds. The monoisotopic (exact) mass is 460 g/mol. The van der Waals surface area contributed by atoms with Gasteiger partial charge in [0.25, 0.3) is 0 Å². The van der Waals surface area contributed by atoms with Crippen molar-refractivity contribution in [3.05, 3.63) is 0 Å². The van der Waals surface area contributed by atoms with Crippen molar-refractivity contribution in [2.75, 3.05) is 24.6 Å². The van der Waals surface area contributed by atoms with Crippen LogP contribution in [0.5, 0.6) is 0 Å². The highest BCUT2D eigenvalue weighted by atomic mass is 35.9. The second-order valence-corrected chi connectivity index (χ2v) is 18.2. The second-order valence-electron chi connectivity index (χ2n) is 2.11. The molecule has 0 aliphatic heterocycles. The highest BCUT2D eigenvalue weighted by Gasteiger charge is 2.03. The van der Waals surface area contributed by atoms with Crippen molar-refractivity contribution in [1.82, 2.24) is 0 Å². The molecule has 0 rings (SSSR count). The zero-order valence-electron chi connectivity index (χ0n) is 7.64. The SMILES string of the molecule is ClP(Cl)CCP(Cl)Cl.ClP(Cl)CCP(Cl)Cl. The molecule has 0 heterocycles. The van der Waals surface area contributed by atoms with Gasteiger partial charge in [-0.05, 0) is 0 Å². The Morgan fingerprint density at radius 2 is 0.500 bits per heavy atom. The molecule has 0 nitrogen and oxygen atoms in total. The smallest absolute Gasteiger partial charge is 0.0781 e. The summed E-state index contributed by atoms with van der Waals surface area (Å²) in [4.78, 5) is 0. The summed E-state index contributed by atoms with van der Waals surface area (Å²) in [6, 6.07) is 0. The minimum absolute atomic E-state index is 0.747. The first-order chi connectivity index (χ1) is 7.25. The maximum Gasteiger partial charge on any atom is 0.0859 e. The Labute approximate surface area is 140 Å². The molecule has 0 aromatic heterocycles. The van der Waals surface area contributed by atoms with Gasteiger partial charge in [0.05, 0.1) is 26.5 Å². The first-order valence-corrected chi connectivity index (χ1v) is 17.0. The van der Waals surface area contributed by atoms with Crippen molar-refractivity contribution in [2.24, 2.45) is 0 Å². The van der Waals surface area contributed by atoms with E-state index < -0.39 is 26.5 Å². The molecular formula is C4H8Cl8P4. The van der Waals surface area contributed by atoms with Crippen molar-refractivity contribution >= 4 is 116 Å². The first-order valence-electron chi connectivity index (χ1n) is 3.62. The standard InChI is InChI=1S/2C2H4Cl4P2/c2*3-7(4)1-2-8(5)6/h2*1-2H2. The minimum atomic E-state index is -0.841. The van der Waals surface area contributed by atoms with Crippen LogP contribution in [0.4, 0.5) is 0 Å². The Morgan fingerprint density at radius 3 is 0.562 bits per heavy atom. The number of hydrogen-bond donors (Lipinski definition) is 0. The average Bonchev–Trinajstić information content (AvgIpc) is 2.12. The number of halogens is 8. The summed E-state index contributed by atoms with van der Waals surface area (Å²) in [7, 11) is 0. The maximum atomic E-state index is 5.45. The van der Waals surface area contributed by atoms with Gasteiger partial charge < -0.3 is 0 Å². The highest BCUT2D eigenvalue weighted by molar-refractivity contribution is 8.07. The van der Waals surface area contributed by atoms with Gasteiger partial charge in [0.1, 0.15) is 0 Å². The summed E-state index contributed by atoms with van der Waals surface area (Å²) < 4.78 is 0. The van der Waals surface area contributed by atoms with E-state index in [1.807, 2.05) is 0 Å². The lowest BCUT2D eigenvalue weighted by atomic mass is 11.0. The van der Waals surface area contributed by atoms with E-state index in [0.717, 1.165) is 24.6 Å². The van der Waals surface area contributed by atoms with Gasteiger partial charge in [-0.3, -0.25) is 0 Å². The topological polar surface area (TPSA) is 0 Å². The van der Waals surface area contributed by atoms with Crippen LogP contribution in [0.2, 0.25) is 0 Å². The molecule has 0 N–H and O–H groups in total. The van der Waals surface area contributed by atoms with Gasteiger partial charge in [-0.2, -0.15) is 0 Å². The molecule has 0 saturated heterocycles. The summed E-state index contributed by atoms with van der Waals surface area (Å²) >= 11 is 43.6. The highest BCUT2D eigenvalue weighted by Crippen LogP contribution is 2.54. The number of rotatable bonds is 6. The molecule has 0 aliphatic carbocycles. The van der Waals surface area contributed by atoms with Crippen LogP contribution in [0, 0.1) is 0 Å². The largest absolute Gasteiger partial charge is 0.0859 e. The molecule has 0 aromatic rings. The van der Waals surface area contributed by atoms with E-state index in [-0.39, 0.29) is 0 Å². The van der Waals surface area contributed by atoms with Crippen LogP contribution in [-0.4, -0.2) is 24.6 Å². The van der Waals surface area contributed by atoms with E-state index in [1.165, 1.54) is 0 Å². The van der Waals surface area contributed by atoms with Crippen LogP contribution in [-0.2, 0) is 0 Å². The van der Waals surface area contributed by atoms with Gasteiger partial charge in [0.2, 0.25) is 0 Å². The predicted octanol–water partition coefficient (Wildman–Crippen LogP) is 9.13. The molecule has 100 valence electrons. The Hall–Kier alpha value is 4.04. The van der Waals surface area contributed by atoms with Gasteiger partial charge in [0.15, 0.2) is 0 Å². The lowest BCUT2D eigenvalue weighted by Crippen LogP contribution is -1.76. The number of hydrogen-bond acceptors (Lipinski definition) is 0. The van der Waals surface area contributed by atoms with E-state index in [2.05, 4.69) is 0 Å². The summed E-state index contributed by atoms with van der Waals surface area (Å²) in [5, 5.41) is 0. The van der Waals surface area contributed by atoms with E-state index in [0.29, 0.717) is 0 Å². The van der Waals surface area contributed by atoms with Crippen molar-refractivity contribution < 1.29 is 0 Å². The van der Waals surface area contributed by atoms with Crippen molar-refractivity contribution in [2.45, 2.75) is 0 Å². The van der Waals surface area contributed by atoms with Gasteiger partial charge in [0, 0.05) is 24.6 Å². The molecular weight excluding hydrogens is 456 g/mol. The fourth-order valence-electron chi connectivity index (χ4n) is 0.302. The zero-order chi connectivity index (χ0) is 13.1. The third-order valence-electron chi connectivity index (χ3n) is 0.876. The third kappa shape index (κ3) is 26.6. The molecule has 0 radical (unpaired) electrons. The summed E-state index contributed by atoms with van der Waals surface area (Å²) in [6.45, 7) is -3.36. The zero-order valence-corrected chi connectivity index (χ0v) is 17.3. The lowest BCUT2D eigenvalue weighted by Gasteiger charge is -1.98. The third-order valence-corrected chi connectivity index (χ3v) is 7.89. The van der Waals surface area contributed by atoms with E-state index in [1.54, 1.807) is 0 Å². The lowest BCUT2D eigenvalue weighted by molar-refractivity contribution is 1.55. The molecule has 0 saturated carbocycles. The van der Waals surface area contributed by atoms with Gasteiger partial charge in [-0.1, -0.05) is 89.9 Å². The molecule has 0 aliphatic rings. The average molecular weight is 464 g/mol. The summed E-state index contributed by atoms with van der Waals surface area (Å²) in [5.74, 6) is 0. The fraction of sp³-hybridized carbons (Fsp3) is 1.00. The van der Waals surface area contributed by atoms with Crippen LogP contribution in [0.15, 0.2) is 0 Å². The van der Waals surface area contributed by atoms with Crippen LogP contribution in [0.25, 0.3) is 0 Å². The van der Waals surface area contributed by atoms with E-state index >= 15 is 0 Å². The van der Waals surface area contributed by atoms with Gasteiger partial charge >= 0.3 is 0 Å². The summed E-state index contributed by atoms with van der Waals surface area (Å²) in [5.41, 5.74) is 0. The van der Waals surface area contributed by atoms with Crippen LogP contribution in [0.3, 0.4) is 0 Å². The van der Waals surface area contributed by atoms with E-state index in [4.69, 9.17) is 89.9 Å². The van der Waals surface area contributed by atoms with Crippen molar-refractivity contribution in [3.8, 4) is 0 Å². The summed E-state index contributed by atoms with van der Waals surface area (Å²) in [6.07, 6.45) is 2.99. The van der Waals surface area contributed by atoms with E-state index in [9.17, 15) is 0 Å². The Morgan fingerprint density at radius 1 is 0.375 bits per heavy atom. The molecule has 16 heavy (non-hydrogen) atoms. The molecule has 0 unspecified atom stereocenters. The van der Waals surface area contributed by atoms with Crippen molar-refractivity contribution in [1.29, 1.82) is 0 Å². The molecule has 0 atom stereocenters. The minimum Gasteiger partial charge on any atom is -0.0781 e. The molecule has 0 bridgehead atoms. The molecule has 0 spiro atoms. The van der Waals surface area contributed by atoms with Gasteiger partial charge in [-0.25, -0.2) is 0 Å². The Bertz CT molecular complexity index is 112. The maximum absolute atomic E-state index is 5.45. The fourth-order valence-corrected chi connectivity index (χ4v) is 8.16. The predicted molar refractivity (Wildman–Crippen MR) is 94.0 cm³/mol. The van der Waals surface area contributed by atoms with Crippen molar-refractivity contribution in [3.63, 3.8) is 0 Å². The molecule has 0 fully saturated rings. The molecule has 0 aromatic carbocycles. The van der Waals surface area contributed by atoms with Crippen LogP contribution >= 0.6 is 116 Å². The Kier molecular flexibility index (Phi) is 21.5. The van der Waals surface area contributed by atoms with Crippen LogP contribution in [0.1, 0.15) is 0 Å². The Balaban J connectivity index is 0. The first kappa shape index (κ1) is 22.3.